The maximum atomic E-state index is 12.5. The van der Waals surface area contributed by atoms with Crippen LogP contribution >= 0.6 is 0 Å². The summed E-state index contributed by atoms with van der Waals surface area (Å²) in [5, 5.41) is 15.5. The Labute approximate surface area is 204 Å². The first-order valence-corrected chi connectivity index (χ1v) is 11.5. The van der Waals surface area contributed by atoms with Gasteiger partial charge in [-0.05, 0) is 42.0 Å². The number of nitrogens with one attached hydrogen (secondary N) is 2. The van der Waals surface area contributed by atoms with Crippen molar-refractivity contribution in [1.82, 2.24) is 10.6 Å². The third-order valence-electron chi connectivity index (χ3n) is 5.58. The molecule has 2 amide bonds. The smallest absolute Gasteiger partial charge is 0.251 e. The first-order chi connectivity index (χ1) is 17.1. The third-order valence-corrected chi connectivity index (χ3v) is 5.58. The average Bonchev–Trinajstić information content (AvgIpc) is 2.90. The van der Waals surface area contributed by atoms with E-state index in [-0.39, 0.29) is 24.8 Å². The number of aliphatic hydroxyl groups excluding tert-OH is 1. The molecule has 7 nitrogen and oxygen atoms in total. The van der Waals surface area contributed by atoms with E-state index >= 15 is 0 Å². The zero-order chi connectivity index (χ0) is 24.5. The molecule has 0 aliphatic carbocycles. The van der Waals surface area contributed by atoms with Crippen LogP contribution in [-0.2, 0) is 16.1 Å². The maximum absolute atomic E-state index is 12.5. The minimum Gasteiger partial charge on any atom is -0.457 e. The number of aliphatic hydroxyl groups is 1. The van der Waals surface area contributed by atoms with Crippen LogP contribution in [0.2, 0.25) is 0 Å². The molecule has 3 N–H and O–H groups in total. The summed E-state index contributed by atoms with van der Waals surface area (Å²) in [6, 6.07) is 25.4. The summed E-state index contributed by atoms with van der Waals surface area (Å²) in [5.41, 5.74) is 1.47. The molecule has 1 heterocycles. The second-order valence-corrected chi connectivity index (χ2v) is 8.19. The number of benzene rings is 3. The predicted molar refractivity (Wildman–Crippen MR) is 132 cm³/mol. The molecule has 3 aromatic carbocycles. The van der Waals surface area contributed by atoms with Gasteiger partial charge in [-0.25, -0.2) is 0 Å². The van der Waals surface area contributed by atoms with Crippen LogP contribution in [0.25, 0.3) is 0 Å². The van der Waals surface area contributed by atoms with Crippen LogP contribution in [0.4, 0.5) is 0 Å². The molecule has 0 aromatic heterocycles. The van der Waals surface area contributed by atoms with Crippen LogP contribution in [0.5, 0.6) is 11.5 Å². The molecule has 3 aromatic rings. The number of hydrogen-bond acceptors (Lipinski definition) is 5. The fraction of sp³-hybridized carbons (Fsp3) is 0.214. The fourth-order valence-corrected chi connectivity index (χ4v) is 3.72. The van der Waals surface area contributed by atoms with E-state index < -0.39 is 18.2 Å². The monoisotopic (exact) mass is 472 g/mol. The predicted octanol–water partition coefficient (Wildman–Crippen LogP) is 3.60. The molecule has 180 valence electrons. The van der Waals surface area contributed by atoms with Crippen LogP contribution in [0.15, 0.2) is 97.1 Å². The normalized spacial score (nSPS) is 19.1. The Bertz CT molecular complexity index is 1130. The summed E-state index contributed by atoms with van der Waals surface area (Å²) >= 11 is 0. The Kier molecular flexibility index (Phi) is 8.27. The van der Waals surface area contributed by atoms with Crippen LogP contribution in [0.1, 0.15) is 22.3 Å². The van der Waals surface area contributed by atoms with Gasteiger partial charge in [0.1, 0.15) is 17.6 Å². The lowest BCUT2D eigenvalue weighted by Gasteiger charge is -2.31. The van der Waals surface area contributed by atoms with E-state index in [1.807, 2.05) is 60.7 Å². The van der Waals surface area contributed by atoms with Gasteiger partial charge in [0.2, 0.25) is 5.91 Å². The Morgan fingerprint density at radius 1 is 0.857 bits per heavy atom. The van der Waals surface area contributed by atoms with E-state index in [0.717, 1.165) is 17.1 Å². The van der Waals surface area contributed by atoms with Gasteiger partial charge >= 0.3 is 0 Å². The van der Waals surface area contributed by atoms with Gasteiger partial charge in [0.05, 0.1) is 25.2 Å². The van der Waals surface area contributed by atoms with Crippen molar-refractivity contribution >= 4 is 11.8 Å². The molecule has 0 saturated heterocycles. The van der Waals surface area contributed by atoms with Crippen molar-refractivity contribution in [3.63, 3.8) is 0 Å². The summed E-state index contributed by atoms with van der Waals surface area (Å²) in [6.45, 7) is 0.0969. The first-order valence-electron chi connectivity index (χ1n) is 11.5. The molecule has 3 atom stereocenters. The summed E-state index contributed by atoms with van der Waals surface area (Å²) < 4.78 is 11.6. The van der Waals surface area contributed by atoms with E-state index in [4.69, 9.17) is 9.47 Å². The lowest BCUT2D eigenvalue weighted by atomic mass is 10.0. The molecule has 0 bridgehead atoms. The van der Waals surface area contributed by atoms with E-state index in [2.05, 4.69) is 10.6 Å². The highest BCUT2D eigenvalue weighted by Gasteiger charge is 2.29. The largest absolute Gasteiger partial charge is 0.457 e. The van der Waals surface area contributed by atoms with E-state index in [0.29, 0.717) is 12.1 Å². The number of rotatable bonds is 9. The molecule has 0 saturated carbocycles. The quantitative estimate of drug-likeness (QED) is 0.414. The van der Waals surface area contributed by atoms with Crippen molar-refractivity contribution in [2.45, 2.75) is 31.2 Å². The lowest BCUT2D eigenvalue weighted by molar-refractivity contribution is -0.125. The van der Waals surface area contributed by atoms with Gasteiger partial charge in [-0.3, -0.25) is 9.59 Å². The Hall–Kier alpha value is -3.94. The van der Waals surface area contributed by atoms with E-state index in [1.165, 1.54) is 0 Å². The third kappa shape index (κ3) is 7.02. The van der Waals surface area contributed by atoms with Crippen molar-refractivity contribution in [3.05, 3.63) is 108 Å². The van der Waals surface area contributed by atoms with Crippen molar-refractivity contribution in [2.75, 3.05) is 6.61 Å². The number of carbonyl (C=O) groups excluding carboxylic acids is 2. The maximum Gasteiger partial charge on any atom is 0.251 e. The van der Waals surface area contributed by atoms with E-state index in [1.54, 1.807) is 36.4 Å². The summed E-state index contributed by atoms with van der Waals surface area (Å²) in [7, 11) is 0. The second kappa shape index (κ2) is 12.0. The van der Waals surface area contributed by atoms with Gasteiger partial charge in [-0.1, -0.05) is 60.7 Å². The van der Waals surface area contributed by atoms with Gasteiger partial charge < -0.3 is 25.2 Å². The molecule has 0 spiro atoms. The lowest BCUT2D eigenvalue weighted by Crippen LogP contribution is -2.49. The molecule has 0 unspecified atom stereocenters. The Morgan fingerprint density at radius 2 is 1.51 bits per heavy atom. The molecular formula is C28H28N2O5. The molecular weight excluding hydrogens is 444 g/mol. The minimum atomic E-state index is -0.636. The molecule has 35 heavy (non-hydrogen) atoms. The van der Waals surface area contributed by atoms with Gasteiger partial charge in [-0.2, -0.15) is 0 Å². The molecule has 0 fully saturated rings. The van der Waals surface area contributed by atoms with Crippen molar-refractivity contribution in [2.24, 2.45) is 0 Å². The standard InChI is InChI=1S/C28H28N2O5/c31-19-26-25(30-28(33)21-7-3-1-4-8-21)16-15-24(35-26)17-27(32)29-18-20-11-13-23(14-12-20)34-22-9-5-2-6-10-22/h1-16,24-26,31H,17-19H2,(H,29,32)(H,30,33)/t24-,25+,26+/m1/s1. The fourth-order valence-electron chi connectivity index (χ4n) is 3.72. The summed E-state index contributed by atoms with van der Waals surface area (Å²) in [4.78, 5) is 24.9. The average molecular weight is 473 g/mol. The molecule has 1 aliphatic heterocycles. The second-order valence-electron chi connectivity index (χ2n) is 8.19. The van der Waals surface area contributed by atoms with Crippen molar-refractivity contribution in [3.8, 4) is 11.5 Å². The van der Waals surface area contributed by atoms with Gasteiger partial charge in [0.25, 0.3) is 5.91 Å². The summed E-state index contributed by atoms with van der Waals surface area (Å²) in [5.74, 6) is 1.06. The van der Waals surface area contributed by atoms with E-state index in [9.17, 15) is 14.7 Å². The highest BCUT2D eigenvalue weighted by atomic mass is 16.5. The molecule has 1 aliphatic rings. The number of hydrogen-bond donors (Lipinski definition) is 3. The van der Waals surface area contributed by atoms with Gasteiger partial charge in [0, 0.05) is 12.1 Å². The van der Waals surface area contributed by atoms with Gasteiger partial charge in [-0.15, -0.1) is 0 Å². The minimum absolute atomic E-state index is 0.113. The Morgan fingerprint density at radius 3 is 2.20 bits per heavy atom. The molecule has 7 heteroatoms. The van der Waals surface area contributed by atoms with Crippen LogP contribution in [-0.4, -0.2) is 41.8 Å². The summed E-state index contributed by atoms with van der Waals surface area (Å²) in [6.07, 6.45) is 2.51. The number of para-hydroxylation sites is 1. The van der Waals surface area contributed by atoms with Crippen LogP contribution in [0.3, 0.4) is 0 Å². The number of ether oxygens (including phenoxy) is 2. The van der Waals surface area contributed by atoms with Crippen molar-refractivity contribution in [1.29, 1.82) is 0 Å². The zero-order valence-corrected chi connectivity index (χ0v) is 19.2. The highest BCUT2D eigenvalue weighted by molar-refractivity contribution is 5.94. The first kappa shape index (κ1) is 24.2. The topological polar surface area (TPSA) is 96.9 Å². The number of carbonyl (C=O) groups is 2. The molecule has 0 radical (unpaired) electrons. The highest BCUT2D eigenvalue weighted by Crippen LogP contribution is 2.21. The SMILES string of the molecule is O=C(C[C@H]1C=C[C@H](NC(=O)c2ccccc2)[C@H](CO)O1)NCc1ccc(Oc2ccccc2)cc1. The number of amides is 2. The van der Waals surface area contributed by atoms with Gasteiger partial charge in [0.15, 0.2) is 0 Å². The van der Waals surface area contributed by atoms with Crippen LogP contribution < -0.4 is 15.4 Å². The zero-order valence-electron chi connectivity index (χ0n) is 19.2. The van der Waals surface area contributed by atoms with Crippen LogP contribution in [0, 0.1) is 0 Å². The Balaban J connectivity index is 1.24. The molecule has 4 rings (SSSR count). The van der Waals surface area contributed by atoms with Crippen molar-refractivity contribution < 1.29 is 24.2 Å².